The maximum Gasteiger partial charge on any atom is 0.0713 e. The molecule has 0 heterocycles. The zero-order valence-corrected chi connectivity index (χ0v) is 29.8. The van der Waals surface area contributed by atoms with Crippen molar-refractivity contribution in [3.63, 3.8) is 0 Å². The van der Waals surface area contributed by atoms with Crippen LogP contribution in [0.4, 0.5) is 0 Å². The molecule has 0 bridgehead atoms. The summed E-state index contributed by atoms with van der Waals surface area (Å²) in [6.45, 7) is 5.25. The quantitative estimate of drug-likeness (QED) is 0.152. The van der Waals surface area contributed by atoms with E-state index in [9.17, 15) is 0 Å². The Balaban J connectivity index is 1.15. The first-order valence-electron chi connectivity index (χ1n) is 18.3. The summed E-state index contributed by atoms with van der Waals surface area (Å²) in [4.78, 5) is 0. The Morgan fingerprint density at radius 3 is 1.62 bits per heavy atom. The minimum atomic E-state index is -0.424. The zero-order chi connectivity index (χ0) is 35.5. The second-order valence-corrected chi connectivity index (χ2v) is 14.0. The number of nitrogens with two attached hydrogens (primary N) is 1. The normalized spacial score (nSPS) is 14.5. The largest absolute Gasteiger partial charge is 0.398 e. The Hall–Kier alpha value is -5.96. The fraction of sp³-hybridized carbons (Fsp3) is 0.120. The highest BCUT2D eigenvalue weighted by molar-refractivity contribution is 5.86. The van der Waals surface area contributed by atoms with E-state index in [2.05, 4.69) is 207 Å². The maximum atomic E-state index is 7.12. The van der Waals surface area contributed by atoms with Crippen LogP contribution in [0.5, 0.6) is 0 Å². The molecule has 8 rings (SSSR count). The summed E-state index contributed by atoms with van der Waals surface area (Å²) in [5.74, 6) is 0.134. The van der Waals surface area contributed by atoms with Crippen LogP contribution in [0, 0.1) is 5.92 Å². The topological polar surface area (TPSA) is 38.0 Å². The van der Waals surface area contributed by atoms with E-state index in [1.165, 1.54) is 61.2 Å². The molecule has 1 unspecified atom stereocenters. The van der Waals surface area contributed by atoms with Gasteiger partial charge in [0.05, 0.1) is 5.41 Å². The molecule has 0 aliphatic heterocycles. The summed E-state index contributed by atoms with van der Waals surface area (Å²) < 4.78 is 0. The Bertz CT molecular complexity index is 2260. The van der Waals surface area contributed by atoms with Gasteiger partial charge in [0.1, 0.15) is 0 Å². The lowest BCUT2D eigenvalue weighted by Crippen LogP contribution is -2.29. The van der Waals surface area contributed by atoms with E-state index in [1.54, 1.807) is 0 Å². The molecule has 0 saturated carbocycles. The molecule has 1 aliphatic carbocycles. The van der Waals surface area contributed by atoms with Crippen LogP contribution in [0.1, 0.15) is 58.8 Å². The van der Waals surface area contributed by atoms with E-state index < -0.39 is 5.41 Å². The molecule has 0 radical (unpaired) electrons. The van der Waals surface area contributed by atoms with Crippen molar-refractivity contribution >= 4 is 5.70 Å². The predicted octanol–water partition coefficient (Wildman–Crippen LogP) is 11.6. The molecular weight excluding hydrogens is 629 g/mol. The highest BCUT2D eigenvalue weighted by Crippen LogP contribution is 2.56. The molecule has 52 heavy (non-hydrogen) atoms. The van der Waals surface area contributed by atoms with Crippen molar-refractivity contribution in [3.05, 3.63) is 233 Å². The van der Waals surface area contributed by atoms with Gasteiger partial charge in [-0.2, -0.15) is 0 Å². The molecule has 2 nitrogen and oxygen atoms in total. The van der Waals surface area contributed by atoms with Crippen LogP contribution >= 0.6 is 0 Å². The first kappa shape index (κ1) is 33.2. The minimum absolute atomic E-state index is 0.0655. The van der Waals surface area contributed by atoms with Gasteiger partial charge in [0.15, 0.2) is 0 Å². The lowest BCUT2D eigenvalue weighted by Gasteiger charge is -2.34. The van der Waals surface area contributed by atoms with Gasteiger partial charge < -0.3 is 11.1 Å². The summed E-state index contributed by atoms with van der Waals surface area (Å²) in [5.41, 5.74) is 22.4. The van der Waals surface area contributed by atoms with Crippen LogP contribution < -0.4 is 11.1 Å². The van der Waals surface area contributed by atoms with Crippen LogP contribution in [-0.2, 0) is 12.0 Å². The Morgan fingerprint density at radius 1 is 0.538 bits per heavy atom. The minimum Gasteiger partial charge on any atom is -0.398 e. The van der Waals surface area contributed by atoms with Gasteiger partial charge in [0.25, 0.3) is 0 Å². The average Bonchev–Trinajstić information content (AvgIpc) is 3.53. The molecule has 7 aromatic rings. The second-order valence-electron chi connectivity index (χ2n) is 14.0. The lowest BCUT2D eigenvalue weighted by atomic mass is 9.67. The molecule has 7 aromatic carbocycles. The molecule has 254 valence electrons. The highest BCUT2D eigenvalue weighted by Gasteiger charge is 2.45. The SMILES string of the molecule is C/C(=C(\N)c1ccc(C2(c3ccccc3)c3ccccc3-c3ccccc32)cc1)[C@H](C)C(NCc1ccccc1)c1ccc(-c2ccccc2)cc1. The van der Waals surface area contributed by atoms with E-state index in [-0.39, 0.29) is 12.0 Å². The summed E-state index contributed by atoms with van der Waals surface area (Å²) in [6.07, 6.45) is 0. The number of benzene rings is 7. The van der Waals surface area contributed by atoms with Gasteiger partial charge in [-0.25, -0.2) is 0 Å². The molecule has 1 aliphatic rings. The summed E-state index contributed by atoms with van der Waals surface area (Å²) in [6, 6.07) is 67.9. The van der Waals surface area contributed by atoms with Crippen molar-refractivity contribution in [3.8, 4) is 22.3 Å². The van der Waals surface area contributed by atoms with Gasteiger partial charge in [-0.3, -0.25) is 0 Å². The molecule has 0 amide bonds. The van der Waals surface area contributed by atoms with Crippen LogP contribution in [-0.4, -0.2) is 0 Å². The number of rotatable bonds is 10. The fourth-order valence-electron chi connectivity index (χ4n) is 8.26. The Kier molecular flexibility index (Phi) is 9.16. The monoisotopic (exact) mass is 672 g/mol. The highest BCUT2D eigenvalue weighted by atomic mass is 14.9. The molecule has 0 spiro atoms. The zero-order valence-electron chi connectivity index (χ0n) is 29.8. The summed E-state index contributed by atoms with van der Waals surface area (Å²) >= 11 is 0. The first-order chi connectivity index (χ1) is 25.6. The Morgan fingerprint density at radius 2 is 1.02 bits per heavy atom. The van der Waals surface area contributed by atoms with Crippen molar-refractivity contribution in [2.45, 2.75) is 31.8 Å². The van der Waals surface area contributed by atoms with E-state index in [0.717, 1.165) is 17.8 Å². The van der Waals surface area contributed by atoms with E-state index in [0.29, 0.717) is 0 Å². The molecule has 0 aromatic heterocycles. The van der Waals surface area contributed by atoms with Gasteiger partial charge >= 0.3 is 0 Å². The van der Waals surface area contributed by atoms with Gasteiger partial charge in [0, 0.05) is 18.3 Å². The molecule has 0 saturated heterocycles. The van der Waals surface area contributed by atoms with Crippen molar-refractivity contribution in [2.24, 2.45) is 11.7 Å². The Labute approximate surface area is 308 Å². The lowest BCUT2D eigenvalue weighted by molar-refractivity contribution is 0.428. The molecule has 0 fully saturated rings. The van der Waals surface area contributed by atoms with Crippen molar-refractivity contribution in [1.29, 1.82) is 0 Å². The standard InChI is InChI=1S/C50H44N2/c1-35(36(2)49(52-34-37-16-6-3-7-17-37)41-28-26-39(27-29-41)38-18-8-4-9-19-38)48(51)40-30-32-43(33-31-40)50(42-20-10-5-11-21-42)46-24-14-12-22-44(46)45-23-13-15-25-47(45)50/h3-33,36,49,52H,34,51H2,1-2H3/b48-35+/t36-,49?/m0/s1. The van der Waals surface area contributed by atoms with Crippen LogP contribution in [0.15, 0.2) is 194 Å². The number of hydrogen-bond acceptors (Lipinski definition) is 2. The van der Waals surface area contributed by atoms with Crippen LogP contribution in [0.3, 0.4) is 0 Å². The van der Waals surface area contributed by atoms with Gasteiger partial charge in [-0.15, -0.1) is 0 Å². The van der Waals surface area contributed by atoms with Crippen molar-refractivity contribution in [1.82, 2.24) is 5.32 Å². The van der Waals surface area contributed by atoms with Crippen molar-refractivity contribution < 1.29 is 0 Å². The maximum absolute atomic E-state index is 7.12. The van der Waals surface area contributed by atoms with E-state index >= 15 is 0 Å². The third-order valence-corrected chi connectivity index (χ3v) is 11.1. The summed E-state index contributed by atoms with van der Waals surface area (Å²) in [7, 11) is 0. The third kappa shape index (κ3) is 5.96. The van der Waals surface area contributed by atoms with Gasteiger partial charge in [-0.05, 0) is 79.6 Å². The average molecular weight is 673 g/mol. The predicted molar refractivity (Wildman–Crippen MR) is 218 cm³/mol. The van der Waals surface area contributed by atoms with E-state index in [1.807, 2.05) is 0 Å². The van der Waals surface area contributed by atoms with Crippen molar-refractivity contribution in [2.75, 3.05) is 0 Å². The van der Waals surface area contributed by atoms with Crippen LogP contribution in [0.2, 0.25) is 0 Å². The smallest absolute Gasteiger partial charge is 0.0713 e. The number of fused-ring (bicyclic) bond motifs is 3. The third-order valence-electron chi connectivity index (χ3n) is 11.1. The first-order valence-corrected chi connectivity index (χ1v) is 18.3. The number of nitrogens with one attached hydrogen (secondary N) is 1. The molecular formula is C50H44N2. The van der Waals surface area contributed by atoms with E-state index in [4.69, 9.17) is 5.73 Å². The second kappa shape index (κ2) is 14.3. The van der Waals surface area contributed by atoms with Gasteiger partial charge in [0.2, 0.25) is 0 Å². The fourth-order valence-corrected chi connectivity index (χ4v) is 8.26. The summed E-state index contributed by atoms with van der Waals surface area (Å²) in [5, 5.41) is 3.90. The van der Waals surface area contributed by atoms with Gasteiger partial charge in [-0.1, -0.05) is 195 Å². The number of hydrogen-bond donors (Lipinski definition) is 2. The molecule has 2 atom stereocenters. The molecule has 2 heteroatoms. The molecule has 3 N–H and O–H groups in total. The van der Waals surface area contributed by atoms with Crippen LogP contribution in [0.25, 0.3) is 28.0 Å².